The molecule has 0 saturated heterocycles. The minimum absolute atomic E-state index is 0.887. The highest BCUT2D eigenvalue weighted by atomic mass is 31.2. The lowest BCUT2D eigenvalue weighted by Crippen LogP contribution is -2.03. The van der Waals surface area contributed by atoms with Gasteiger partial charge in [0.2, 0.25) is 0 Å². The average Bonchev–Trinajstić information content (AvgIpc) is 1.89. The second-order valence-electron chi connectivity index (χ2n) is 2.75. The van der Waals surface area contributed by atoms with Gasteiger partial charge in [-0.15, -0.1) is 0 Å². The Morgan fingerprint density at radius 3 is 2.10 bits per heavy atom. The van der Waals surface area contributed by atoms with E-state index in [0.717, 1.165) is 6.61 Å². The van der Waals surface area contributed by atoms with E-state index in [1.54, 1.807) is 0 Å². The van der Waals surface area contributed by atoms with Gasteiger partial charge in [-0.2, -0.15) is 0 Å². The topological polar surface area (TPSA) is 9.23 Å². The lowest BCUT2D eigenvalue weighted by Gasteiger charge is -2.18. The maximum atomic E-state index is 5.73. The van der Waals surface area contributed by atoms with Crippen molar-refractivity contribution in [2.45, 2.75) is 27.2 Å². The molecule has 0 heterocycles. The van der Waals surface area contributed by atoms with E-state index in [1.165, 1.54) is 18.7 Å². The maximum Gasteiger partial charge on any atom is 0.142 e. The van der Waals surface area contributed by atoms with Gasteiger partial charge >= 0.3 is 0 Å². The SMILES string of the molecule is CCC[P+](C)(CC)OCC. The van der Waals surface area contributed by atoms with Gasteiger partial charge in [0.05, 0.1) is 25.6 Å². The van der Waals surface area contributed by atoms with Gasteiger partial charge in [0.25, 0.3) is 0 Å². The zero-order valence-corrected chi connectivity index (χ0v) is 8.58. The molecule has 0 aliphatic rings. The predicted molar refractivity (Wildman–Crippen MR) is 50.2 cm³/mol. The normalized spacial score (nSPS) is 16.8. The molecule has 0 bridgehead atoms. The molecular formula is C8H20OP+. The predicted octanol–water partition coefficient (Wildman–Crippen LogP) is 3.02. The summed E-state index contributed by atoms with van der Waals surface area (Å²) in [6, 6.07) is 0. The minimum atomic E-state index is -0.950. The molecule has 1 atom stereocenters. The number of hydrogen-bond donors (Lipinski definition) is 0. The molecule has 2 heteroatoms. The van der Waals surface area contributed by atoms with Crippen molar-refractivity contribution >= 4 is 7.49 Å². The van der Waals surface area contributed by atoms with Crippen LogP contribution in [0.25, 0.3) is 0 Å². The zero-order chi connectivity index (χ0) is 8.04. The highest BCUT2D eigenvalue weighted by Crippen LogP contribution is 2.55. The first-order valence-electron chi connectivity index (χ1n) is 4.17. The fourth-order valence-corrected chi connectivity index (χ4v) is 3.30. The van der Waals surface area contributed by atoms with Crippen LogP contribution in [0.1, 0.15) is 27.2 Å². The Morgan fingerprint density at radius 1 is 1.20 bits per heavy atom. The van der Waals surface area contributed by atoms with Crippen LogP contribution in [0, 0.1) is 0 Å². The number of rotatable bonds is 5. The van der Waals surface area contributed by atoms with Crippen LogP contribution >= 0.6 is 7.49 Å². The van der Waals surface area contributed by atoms with Crippen LogP contribution in [0.5, 0.6) is 0 Å². The minimum Gasteiger partial charge on any atom is -0.239 e. The van der Waals surface area contributed by atoms with Gasteiger partial charge < -0.3 is 0 Å². The van der Waals surface area contributed by atoms with Crippen molar-refractivity contribution in [3.05, 3.63) is 0 Å². The molecule has 0 radical (unpaired) electrons. The molecule has 1 unspecified atom stereocenters. The molecule has 1 nitrogen and oxygen atoms in total. The van der Waals surface area contributed by atoms with Gasteiger partial charge in [-0.05, 0) is 20.3 Å². The Hall–Kier alpha value is 0.390. The van der Waals surface area contributed by atoms with E-state index < -0.39 is 7.49 Å². The Labute approximate surface area is 65.6 Å². The van der Waals surface area contributed by atoms with Crippen LogP contribution in [0.3, 0.4) is 0 Å². The monoisotopic (exact) mass is 163 g/mol. The molecule has 0 saturated carbocycles. The molecule has 0 aromatic rings. The van der Waals surface area contributed by atoms with E-state index in [4.69, 9.17) is 4.52 Å². The van der Waals surface area contributed by atoms with Gasteiger partial charge in [-0.25, -0.2) is 4.52 Å². The Morgan fingerprint density at radius 2 is 1.80 bits per heavy atom. The molecule has 0 amide bonds. The second kappa shape index (κ2) is 5.09. The van der Waals surface area contributed by atoms with E-state index in [-0.39, 0.29) is 0 Å². The lowest BCUT2D eigenvalue weighted by molar-refractivity contribution is 0.367. The van der Waals surface area contributed by atoms with Crippen LogP contribution < -0.4 is 0 Å². The first-order valence-corrected chi connectivity index (χ1v) is 6.70. The maximum absolute atomic E-state index is 5.73. The summed E-state index contributed by atoms with van der Waals surface area (Å²) in [6.07, 6.45) is 3.78. The standard InChI is InChI=1S/C8H20OP/c1-5-8-10(4,7-3)9-6-2/h5-8H2,1-4H3/q+1. The Balaban J connectivity index is 3.69. The van der Waals surface area contributed by atoms with Crippen molar-refractivity contribution in [2.24, 2.45) is 0 Å². The van der Waals surface area contributed by atoms with E-state index in [0.29, 0.717) is 0 Å². The summed E-state index contributed by atoms with van der Waals surface area (Å²) in [7, 11) is -0.950. The third-order valence-electron chi connectivity index (χ3n) is 1.81. The fourth-order valence-electron chi connectivity index (χ4n) is 1.10. The molecule has 10 heavy (non-hydrogen) atoms. The van der Waals surface area contributed by atoms with Crippen molar-refractivity contribution in [2.75, 3.05) is 25.6 Å². The van der Waals surface area contributed by atoms with Crippen LogP contribution in [-0.4, -0.2) is 25.6 Å². The van der Waals surface area contributed by atoms with Gasteiger partial charge in [0, 0.05) is 0 Å². The van der Waals surface area contributed by atoms with Crippen molar-refractivity contribution < 1.29 is 4.52 Å². The quantitative estimate of drug-likeness (QED) is 0.566. The van der Waals surface area contributed by atoms with Crippen LogP contribution in [-0.2, 0) is 4.52 Å². The van der Waals surface area contributed by atoms with Gasteiger partial charge in [-0.3, -0.25) is 0 Å². The van der Waals surface area contributed by atoms with E-state index in [9.17, 15) is 0 Å². The van der Waals surface area contributed by atoms with Crippen LogP contribution in [0.2, 0.25) is 0 Å². The highest BCUT2D eigenvalue weighted by molar-refractivity contribution is 7.70. The summed E-state index contributed by atoms with van der Waals surface area (Å²) in [4.78, 5) is 0. The van der Waals surface area contributed by atoms with Crippen molar-refractivity contribution in [1.29, 1.82) is 0 Å². The molecule has 0 fully saturated rings. The smallest absolute Gasteiger partial charge is 0.142 e. The van der Waals surface area contributed by atoms with Crippen molar-refractivity contribution in [3.8, 4) is 0 Å². The first kappa shape index (κ1) is 10.4. The molecule has 0 spiro atoms. The van der Waals surface area contributed by atoms with Gasteiger partial charge in [-0.1, -0.05) is 6.92 Å². The molecule has 0 aliphatic heterocycles. The van der Waals surface area contributed by atoms with Crippen LogP contribution in [0.4, 0.5) is 0 Å². The first-order chi connectivity index (χ1) is 4.68. The average molecular weight is 163 g/mol. The molecule has 62 valence electrons. The molecule has 0 aromatic carbocycles. The third-order valence-corrected chi connectivity index (χ3v) is 5.42. The largest absolute Gasteiger partial charge is 0.239 e. The summed E-state index contributed by atoms with van der Waals surface area (Å²) >= 11 is 0. The summed E-state index contributed by atoms with van der Waals surface area (Å²) in [5.74, 6) is 0. The Kier molecular flexibility index (Phi) is 5.29. The molecular weight excluding hydrogens is 143 g/mol. The third kappa shape index (κ3) is 3.53. The van der Waals surface area contributed by atoms with Gasteiger partial charge in [0.15, 0.2) is 0 Å². The molecule has 0 aromatic heterocycles. The molecule has 0 aliphatic carbocycles. The molecule has 0 N–H and O–H groups in total. The zero-order valence-electron chi connectivity index (χ0n) is 7.68. The van der Waals surface area contributed by atoms with Crippen molar-refractivity contribution in [1.82, 2.24) is 0 Å². The summed E-state index contributed by atoms with van der Waals surface area (Å²) < 4.78 is 5.73. The molecule has 0 rings (SSSR count). The lowest BCUT2D eigenvalue weighted by atomic mass is 10.6. The highest BCUT2D eigenvalue weighted by Gasteiger charge is 2.28. The van der Waals surface area contributed by atoms with Gasteiger partial charge in [0.1, 0.15) is 7.49 Å². The van der Waals surface area contributed by atoms with Crippen LogP contribution in [0.15, 0.2) is 0 Å². The fraction of sp³-hybridized carbons (Fsp3) is 1.00. The van der Waals surface area contributed by atoms with E-state index >= 15 is 0 Å². The second-order valence-corrected chi connectivity index (χ2v) is 6.69. The Bertz CT molecular complexity index is 77.3. The summed E-state index contributed by atoms with van der Waals surface area (Å²) in [5.41, 5.74) is 0. The van der Waals surface area contributed by atoms with Crippen molar-refractivity contribution in [3.63, 3.8) is 0 Å². The number of hydrogen-bond acceptors (Lipinski definition) is 1. The summed E-state index contributed by atoms with van der Waals surface area (Å²) in [6.45, 7) is 9.74. The summed E-state index contributed by atoms with van der Waals surface area (Å²) in [5, 5.41) is 0. The van der Waals surface area contributed by atoms with E-state index in [1.807, 2.05) is 0 Å². The van der Waals surface area contributed by atoms with E-state index in [2.05, 4.69) is 27.4 Å².